The molecule has 1 heterocycles. The largest absolute Gasteiger partial charge is 0.484 e. The van der Waals surface area contributed by atoms with Gasteiger partial charge in [-0.3, -0.25) is 0 Å². The number of aliphatic hydroxyl groups excluding tert-OH is 1. The lowest BCUT2D eigenvalue weighted by Gasteiger charge is -2.16. The minimum Gasteiger partial charge on any atom is -0.484 e. The lowest BCUT2D eigenvalue weighted by Crippen LogP contribution is -2.05. The zero-order valence-electron chi connectivity index (χ0n) is 13.1. The summed E-state index contributed by atoms with van der Waals surface area (Å²) in [6.45, 7) is 1.75. The molecule has 0 saturated heterocycles. The average Bonchev–Trinajstić information content (AvgIpc) is 2.61. The molecule has 5 nitrogen and oxygen atoms in total. The lowest BCUT2D eigenvalue weighted by molar-refractivity contribution is -0.134. The quantitative estimate of drug-likeness (QED) is 0.656. The van der Waals surface area contributed by atoms with Crippen molar-refractivity contribution in [2.45, 2.75) is 19.6 Å². The van der Waals surface area contributed by atoms with E-state index in [4.69, 9.17) is 4.74 Å². The molecule has 0 bridgehead atoms. The zero-order valence-corrected chi connectivity index (χ0v) is 13.1. The van der Waals surface area contributed by atoms with Crippen LogP contribution >= 0.6 is 0 Å². The molecule has 5 heteroatoms. The van der Waals surface area contributed by atoms with E-state index in [2.05, 4.69) is 9.72 Å². The second kappa shape index (κ2) is 8.10. The number of pyridine rings is 1. The molecule has 0 fully saturated rings. The minimum atomic E-state index is -0.483. The number of aromatic nitrogens is 1. The van der Waals surface area contributed by atoms with Gasteiger partial charge < -0.3 is 14.6 Å². The van der Waals surface area contributed by atoms with Gasteiger partial charge in [-0.1, -0.05) is 30.3 Å². The molecule has 1 atom stereocenters. The zero-order chi connectivity index (χ0) is 16.7. The van der Waals surface area contributed by atoms with Gasteiger partial charge in [0.15, 0.2) is 0 Å². The SMILES string of the molecule is COC(=O)/C=C/c1nc(CO)ccc1OC(C)c1ccccc1. The molecule has 2 rings (SSSR count). The summed E-state index contributed by atoms with van der Waals surface area (Å²) in [6, 6.07) is 13.2. The number of methoxy groups -OCH3 is 1. The molecule has 0 amide bonds. The summed E-state index contributed by atoms with van der Waals surface area (Å²) in [5.74, 6) is 0.0435. The third kappa shape index (κ3) is 4.66. The monoisotopic (exact) mass is 313 g/mol. The number of nitrogens with zero attached hydrogens (tertiary/aromatic N) is 1. The summed E-state index contributed by atoms with van der Waals surface area (Å²) in [5, 5.41) is 9.22. The molecule has 0 saturated carbocycles. The fourth-order valence-corrected chi connectivity index (χ4v) is 2.01. The Bertz CT molecular complexity index is 683. The second-order valence-electron chi connectivity index (χ2n) is 4.87. The average molecular weight is 313 g/mol. The number of carbonyl (C=O) groups excluding carboxylic acids is 1. The maximum Gasteiger partial charge on any atom is 0.330 e. The van der Waals surface area contributed by atoms with E-state index >= 15 is 0 Å². The number of carbonyl (C=O) groups is 1. The van der Waals surface area contributed by atoms with Crippen LogP contribution in [0.4, 0.5) is 0 Å². The van der Waals surface area contributed by atoms with E-state index in [9.17, 15) is 9.90 Å². The highest BCUT2D eigenvalue weighted by molar-refractivity contribution is 5.87. The molecular formula is C18H19NO4. The Morgan fingerprint density at radius 2 is 2.00 bits per heavy atom. The first-order valence-electron chi connectivity index (χ1n) is 7.22. The predicted molar refractivity (Wildman–Crippen MR) is 86.7 cm³/mol. The minimum absolute atomic E-state index is 0.178. The molecule has 0 radical (unpaired) electrons. The van der Waals surface area contributed by atoms with Gasteiger partial charge >= 0.3 is 5.97 Å². The molecule has 120 valence electrons. The van der Waals surface area contributed by atoms with Crippen LogP contribution in [-0.2, 0) is 16.1 Å². The molecular weight excluding hydrogens is 294 g/mol. The second-order valence-corrected chi connectivity index (χ2v) is 4.87. The number of benzene rings is 1. The van der Waals surface area contributed by atoms with Crippen LogP contribution in [-0.4, -0.2) is 23.2 Å². The maximum absolute atomic E-state index is 11.3. The van der Waals surface area contributed by atoms with Gasteiger partial charge in [-0.15, -0.1) is 0 Å². The molecule has 2 aromatic rings. The van der Waals surface area contributed by atoms with E-state index in [1.54, 1.807) is 12.1 Å². The standard InChI is InChI=1S/C18H19NO4/c1-13(14-6-4-3-5-7-14)23-17-10-8-15(12-20)19-16(17)9-11-18(21)22-2/h3-11,13,20H,12H2,1-2H3/b11-9+. The Hall–Kier alpha value is -2.66. The van der Waals surface area contributed by atoms with Crippen LogP contribution in [0.25, 0.3) is 6.08 Å². The molecule has 23 heavy (non-hydrogen) atoms. The predicted octanol–water partition coefficient (Wildman–Crippen LogP) is 2.90. The van der Waals surface area contributed by atoms with Crippen LogP contribution in [0.15, 0.2) is 48.5 Å². The van der Waals surface area contributed by atoms with Gasteiger partial charge in [0.25, 0.3) is 0 Å². The molecule has 1 N–H and O–H groups in total. The number of hydrogen-bond donors (Lipinski definition) is 1. The Labute approximate surface area is 135 Å². The van der Waals surface area contributed by atoms with Crippen molar-refractivity contribution in [1.29, 1.82) is 0 Å². The van der Waals surface area contributed by atoms with Crippen molar-refractivity contribution in [2.24, 2.45) is 0 Å². The number of esters is 1. The van der Waals surface area contributed by atoms with Gasteiger partial charge in [0.05, 0.1) is 19.4 Å². The van der Waals surface area contributed by atoms with Crippen LogP contribution in [0.2, 0.25) is 0 Å². The Balaban J connectivity index is 2.26. The van der Waals surface area contributed by atoms with Crippen molar-refractivity contribution in [3.05, 3.63) is 65.5 Å². The number of hydrogen-bond acceptors (Lipinski definition) is 5. The fourth-order valence-electron chi connectivity index (χ4n) is 2.01. The van der Waals surface area contributed by atoms with Crippen LogP contribution < -0.4 is 4.74 Å². The highest BCUT2D eigenvalue weighted by Gasteiger charge is 2.11. The van der Waals surface area contributed by atoms with E-state index in [-0.39, 0.29) is 12.7 Å². The Morgan fingerprint density at radius 3 is 2.65 bits per heavy atom. The molecule has 0 aliphatic carbocycles. The summed E-state index contributed by atoms with van der Waals surface area (Å²) in [7, 11) is 1.30. The van der Waals surface area contributed by atoms with E-state index in [1.807, 2.05) is 37.3 Å². The molecule has 1 unspecified atom stereocenters. The van der Waals surface area contributed by atoms with E-state index < -0.39 is 5.97 Å². The van der Waals surface area contributed by atoms with E-state index in [0.717, 1.165) is 5.56 Å². The highest BCUT2D eigenvalue weighted by Crippen LogP contribution is 2.25. The van der Waals surface area contributed by atoms with Crippen LogP contribution in [0.1, 0.15) is 30.0 Å². The van der Waals surface area contributed by atoms with Crippen molar-refractivity contribution in [2.75, 3.05) is 7.11 Å². The van der Waals surface area contributed by atoms with Crippen molar-refractivity contribution < 1.29 is 19.4 Å². The summed E-state index contributed by atoms with van der Waals surface area (Å²) in [5.41, 5.74) is 1.99. The van der Waals surface area contributed by atoms with Gasteiger partial charge in [0.1, 0.15) is 17.5 Å². The maximum atomic E-state index is 11.3. The smallest absolute Gasteiger partial charge is 0.330 e. The van der Waals surface area contributed by atoms with Gasteiger partial charge in [-0.05, 0) is 30.7 Å². The normalized spacial score (nSPS) is 12.1. The van der Waals surface area contributed by atoms with E-state index in [0.29, 0.717) is 17.1 Å². The van der Waals surface area contributed by atoms with Crippen molar-refractivity contribution in [3.63, 3.8) is 0 Å². The summed E-state index contributed by atoms with van der Waals surface area (Å²) >= 11 is 0. The first kappa shape index (κ1) is 16.7. The third-order valence-corrected chi connectivity index (χ3v) is 3.26. The van der Waals surface area contributed by atoms with Gasteiger partial charge in [0, 0.05) is 6.08 Å². The fraction of sp³-hybridized carbons (Fsp3) is 0.222. The first-order valence-corrected chi connectivity index (χ1v) is 7.22. The van der Waals surface area contributed by atoms with Crippen LogP contribution in [0.5, 0.6) is 5.75 Å². The van der Waals surface area contributed by atoms with Crippen LogP contribution in [0, 0.1) is 0 Å². The Kier molecular flexibility index (Phi) is 5.88. The Morgan fingerprint density at radius 1 is 1.26 bits per heavy atom. The molecule has 1 aromatic carbocycles. The number of rotatable bonds is 6. The molecule has 0 aliphatic rings. The molecule has 1 aromatic heterocycles. The van der Waals surface area contributed by atoms with Gasteiger partial charge in [-0.2, -0.15) is 0 Å². The first-order chi connectivity index (χ1) is 11.1. The third-order valence-electron chi connectivity index (χ3n) is 3.26. The van der Waals surface area contributed by atoms with Crippen LogP contribution in [0.3, 0.4) is 0 Å². The van der Waals surface area contributed by atoms with Gasteiger partial charge in [0.2, 0.25) is 0 Å². The highest BCUT2D eigenvalue weighted by atomic mass is 16.5. The van der Waals surface area contributed by atoms with E-state index in [1.165, 1.54) is 19.3 Å². The lowest BCUT2D eigenvalue weighted by atomic mass is 10.1. The topological polar surface area (TPSA) is 68.7 Å². The number of ether oxygens (including phenoxy) is 2. The summed E-state index contributed by atoms with van der Waals surface area (Å²) in [6.07, 6.45) is 2.60. The van der Waals surface area contributed by atoms with Gasteiger partial charge in [-0.25, -0.2) is 9.78 Å². The van der Waals surface area contributed by atoms with Crippen molar-refractivity contribution in [3.8, 4) is 5.75 Å². The summed E-state index contributed by atoms with van der Waals surface area (Å²) in [4.78, 5) is 15.5. The van der Waals surface area contributed by atoms with Crippen molar-refractivity contribution >= 4 is 12.0 Å². The molecule has 0 spiro atoms. The summed E-state index contributed by atoms with van der Waals surface area (Å²) < 4.78 is 10.5. The molecule has 0 aliphatic heterocycles. The van der Waals surface area contributed by atoms with Crippen molar-refractivity contribution in [1.82, 2.24) is 4.98 Å². The number of aliphatic hydroxyl groups is 1.